The number of benzene rings is 2. The average Bonchev–Trinajstić information content (AvgIpc) is 3.29. The summed E-state index contributed by atoms with van der Waals surface area (Å²) in [6, 6.07) is 14.7. The van der Waals surface area contributed by atoms with Crippen LogP contribution in [0.1, 0.15) is 27.7 Å². The van der Waals surface area contributed by atoms with Crippen LogP contribution in [0.25, 0.3) is 11.6 Å². The lowest BCUT2D eigenvalue weighted by atomic mass is 10.1. The Hall–Kier alpha value is -3.45. The maximum absolute atomic E-state index is 11.6. The largest absolute Gasteiger partial charge is 0.493 e. The molecule has 1 aromatic heterocycles. The van der Waals surface area contributed by atoms with Gasteiger partial charge in [0.25, 0.3) is 0 Å². The van der Waals surface area contributed by atoms with E-state index >= 15 is 0 Å². The van der Waals surface area contributed by atoms with Gasteiger partial charge in [-0.25, -0.2) is 9.79 Å². The van der Waals surface area contributed by atoms with E-state index in [2.05, 4.69) is 9.98 Å². The van der Waals surface area contributed by atoms with E-state index in [-0.39, 0.29) is 11.8 Å². The third kappa shape index (κ3) is 3.64. The van der Waals surface area contributed by atoms with Crippen molar-refractivity contribution in [3.8, 4) is 5.88 Å². The number of hydrogen-bond acceptors (Lipinski definition) is 6. The fraction of sp³-hybridized carbons (Fsp3) is 0.136. The molecule has 0 amide bonds. The van der Waals surface area contributed by atoms with Gasteiger partial charge in [0.1, 0.15) is 0 Å². The first-order valence-corrected chi connectivity index (χ1v) is 9.93. The molecule has 2 heterocycles. The highest BCUT2D eigenvalue weighted by molar-refractivity contribution is 7.10. The van der Waals surface area contributed by atoms with Crippen LogP contribution in [0.15, 0.2) is 58.5 Å². The van der Waals surface area contributed by atoms with Gasteiger partial charge in [-0.05, 0) is 43.3 Å². The van der Waals surface area contributed by atoms with E-state index < -0.39 is 0 Å². The van der Waals surface area contributed by atoms with Crippen molar-refractivity contribution in [2.45, 2.75) is 13.5 Å². The monoisotopic (exact) mass is 405 g/mol. The zero-order valence-corrected chi connectivity index (χ0v) is 16.8. The number of methoxy groups -OCH3 is 1. The Kier molecular flexibility index (Phi) is 5.14. The van der Waals surface area contributed by atoms with Gasteiger partial charge < -0.3 is 9.84 Å². The number of aliphatic imine (C=N–C) groups is 1. The fourth-order valence-corrected chi connectivity index (χ4v) is 4.14. The topological polar surface area (TPSA) is 76.2 Å². The first-order chi connectivity index (χ1) is 14.1. The number of aromatic hydroxyl groups is 1. The van der Waals surface area contributed by atoms with Gasteiger partial charge in [0, 0.05) is 23.9 Å². The standard InChI is InChI=1S/C22H19N3O3S/c1-3-25-20(26)19(12-15-13-23-18-7-5-4-6-17(15)18)29-22(25)24-16-10-8-14(9-11-16)21(27)28-2/h4-13,26H,3H2,1-2H3/b15-12+,24-22?. The van der Waals surface area contributed by atoms with Crippen LogP contribution >= 0.6 is 11.3 Å². The fourth-order valence-electron chi connectivity index (χ4n) is 3.08. The Labute approximate surface area is 171 Å². The van der Waals surface area contributed by atoms with Crippen molar-refractivity contribution in [2.24, 2.45) is 9.98 Å². The van der Waals surface area contributed by atoms with Gasteiger partial charge in [-0.2, -0.15) is 0 Å². The summed E-state index contributed by atoms with van der Waals surface area (Å²) >= 11 is 1.40. The van der Waals surface area contributed by atoms with Crippen molar-refractivity contribution in [2.75, 3.05) is 7.11 Å². The van der Waals surface area contributed by atoms with Crippen molar-refractivity contribution < 1.29 is 14.6 Å². The summed E-state index contributed by atoms with van der Waals surface area (Å²) in [7, 11) is 1.35. The Morgan fingerprint density at radius 3 is 2.72 bits per heavy atom. The van der Waals surface area contributed by atoms with E-state index in [0.29, 0.717) is 22.6 Å². The number of aromatic nitrogens is 1. The number of rotatable bonds is 4. The summed E-state index contributed by atoms with van der Waals surface area (Å²) < 4.78 is 6.47. The first kappa shape index (κ1) is 18.9. The molecule has 2 aromatic carbocycles. The lowest BCUT2D eigenvalue weighted by Crippen LogP contribution is -2.12. The zero-order valence-electron chi connectivity index (χ0n) is 16.0. The number of carbonyl (C=O) groups is 1. The highest BCUT2D eigenvalue weighted by Gasteiger charge is 2.15. The van der Waals surface area contributed by atoms with E-state index in [0.717, 1.165) is 21.7 Å². The summed E-state index contributed by atoms with van der Waals surface area (Å²) in [6.45, 7) is 2.53. The predicted octanol–water partition coefficient (Wildman–Crippen LogP) is 4.55. The van der Waals surface area contributed by atoms with Crippen molar-refractivity contribution in [3.05, 3.63) is 69.3 Å². The molecule has 0 unspecified atom stereocenters. The molecule has 0 bridgehead atoms. The number of para-hydroxylation sites is 1. The summed E-state index contributed by atoms with van der Waals surface area (Å²) in [5, 5.41) is 10.7. The van der Waals surface area contributed by atoms with Crippen LogP contribution in [0.2, 0.25) is 0 Å². The minimum Gasteiger partial charge on any atom is -0.493 e. The highest BCUT2D eigenvalue weighted by atomic mass is 32.1. The molecule has 3 aromatic rings. The van der Waals surface area contributed by atoms with Gasteiger partial charge in [-0.3, -0.25) is 9.56 Å². The molecular formula is C22H19N3O3S. The third-order valence-corrected chi connectivity index (χ3v) is 5.60. The second-order valence-corrected chi connectivity index (χ2v) is 7.35. The molecule has 0 radical (unpaired) electrons. The van der Waals surface area contributed by atoms with Crippen molar-refractivity contribution >= 4 is 46.5 Å². The van der Waals surface area contributed by atoms with E-state index in [9.17, 15) is 9.90 Å². The summed E-state index contributed by atoms with van der Waals surface area (Å²) in [5.74, 6) is -0.214. The quantitative estimate of drug-likeness (QED) is 0.647. The van der Waals surface area contributed by atoms with Crippen molar-refractivity contribution in [1.82, 2.24) is 4.57 Å². The maximum atomic E-state index is 11.6. The van der Waals surface area contributed by atoms with Crippen LogP contribution in [0.5, 0.6) is 5.88 Å². The summed E-state index contributed by atoms with van der Waals surface area (Å²) in [4.78, 5) is 22.0. The normalized spacial score (nSPS) is 14.4. The molecule has 7 heteroatoms. The molecule has 0 saturated heterocycles. The third-order valence-electron chi connectivity index (χ3n) is 4.58. The number of ether oxygens (including phenoxy) is 1. The number of thiazole rings is 1. The molecular weight excluding hydrogens is 386 g/mol. The summed E-state index contributed by atoms with van der Waals surface area (Å²) in [5.41, 5.74) is 4.07. The number of fused-ring (bicyclic) bond motifs is 1. The molecule has 146 valence electrons. The van der Waals surface area contributed by atoms with Crippen LogP contribution in [-0.4, -0.2) is 29.0 Å². The molecule has 0 fully saturated rings. The molecule has 0 spiro atoms. The zero-order chi connectivity index (χ0) is 20.4. The summed E-state index contributed by atoms with van der Waals surface area (Å²) in [6.07, 6.45) is 3.74. The predicted molar refractivity (Wildman–Crippen MR) is 115 cm³/mol. The molecule has 1 aliphatic rings. The molecule has 4 rings (SSSR count). The van der Waals surface area contributed by atoms with Crippen LogP contribution in [0.4, 0.5) is 11.4 Å². The Morgan fingerprint density at radius 1 is 1.24 bits per heavy atom. The Morgan fingerprint density at radius 2 is 2.00 bits per heavy atom. The lowest BCUT2D eigenvalue weighted by Gasteiger charge is -2.01. The minimum atomic E-state index is -0.388. The van der Waals surface area contributed by atoms with Gasteiger partial charge in [-0.1, -0.05) is 29.5 Å². The second-order valence-electron chi connectivity index (χ2n) is 6.34. The van der Waals surface area contributed by atoms with Crippen molar-refractivity contribution in [1.29, 1.82) is 0 Å². The van der Waals surface area contributed by atoms with Crippen LogP contribution in [0.3, 0.4) is 0 Å². The number of esters is 1. The molecule has 1 N–H and O–H groups in total. The molecule has 0 atom stereocenters. The van der Waals surface area contributed by atoms with E-state index in [1.165, 1.54) is 18.4 Å². The van der Waals surface area contributed by atoms with Crippen LogP contribution in [0, 0.1) is 0 Å². The van der Waals surface area contributed by atoms with Gasteiger partial charge in [0.15, 0.2) is 4.80 Å². The first-order valence-electron chi connectivity index (χ1n) is 9.11. The molecule has 0 aliphatic carbocycles. The Balaban J connectivity index is 1.73. The lowest BCUT2D eigenvalue weighted by molar-refractivity contribution is 0.0601. The molecule has 1 aliphatic heterocycles. The van der Waals surface area contributed by atoms with E-state index in [1.54, 1.807) is 28.8 Å². The SMILES string of the molecule is CCn1c(O)c(/C=C2\C=Nc3ccccc32)sc1=Nc1ccc(C(=O)OC)cc1. The number of nitrogens with zero attached hydrogens (tertiary/aromatic N) is 3. The van der Waals surface area contributed by atoms with Crippen LogP contribution in [-0.2, 0) is 11.3 Å². The van der Waals surface area contributed by atoms with E-state index in [4.69, 9.17) is 4.74 Å². The minimum absolute atomic E-state index is 0.174. The molecule has 0 saturated carbocycles. The number of allylic oxidation sites excluding steroid dienone is 1. The smallest absolute Gasteiger partial charge is 0.337 e. The molecule has 29 heavy (non-hydrogen) atoms. The van der Waals surface area contributed by atoms with E-state index in [1.807, 2.05) is 43.5 Å². The van der Waals surface area contributed by atoms with Gasteiger partial charge in [-0.15, -0.1) is 0 Å². The maximum Gasteiger partial charge on any atom is 0.337 e. The van der Waals surface area contributed by atoms with Gasteiger partial charge >= 0.3 is 5.97 Å². The van der Waals surface area contributed by atoms with Crippen molar-refractivity contribution in [3.63, 3.8) is 0 Å². The number of hydrogen-bond donors (Lipinski definition) is 1. The average molecular weight is 405 g/mol. The Bertz CT molecular complexity index is 1200. The highest BCUT2D eigenvalue weighted by Crippen LogP contribution is 2.34. The van der Waals surface area contributed by atoms with Crippen LogP contribution < -0.4 is 4.80 Å². The van der Waals surface area contributed by atoms with Gasteiger partial charge in [0.05, 0.1) is 28.9 Å². The van der Waals surface area contributed by atoms with Gasteiger partial charge in [0.2, 0.25) is 5.88 Å². The number of carbonyl (C=O) groups excluding carboxylic acids is 1. The second kappa shape index (κ2) is 7.89. The molecule has 6 nitrogen and oxygen atoms in total.